The first-order valence-electron chi connectivity index (χ1n) is 14.4. The molecule has 214 valence electrons. The summed E-state index contributed by atoms with van der Waals surface area (Å²) in [6.07, 6.45) is 8.55. The maximum absolute atomic E-state index is 15.0. The Morgan fingerprint density at radius 3 is 2.48 bits per heavy atom. The van der Waals surface area contributed by atoms with Gasteiger partial charge in [-0.15, -0.1) is 11.3 Å². The molecule has 1 heterocycles. The number of hydrogen-bond acceptors (Lipinski definition) is 5. The summed E-state index contributed by atoms with van der Waals surface area (Å²) in [6, 6.07) is 20.2. The van der Waals surface area contributed by atoms with Gasteiger partial charge in [0.25, 0.3) is 0 Å². The first kappa shape index (κ1) is 30.0. The molecule has 0 fully saturated rings. The number of halogens is 1. The van der Waals surface area contributed by atoms with Gasteiger partial charge in [0.1, 0.15) is 16.5 Å². The third-order valence-corrected chi connectivity index (χ3v) is 8.84. The number of aryl methyl sites for hydroxylation is 1. The van der Waals surface area contributed by atoms with E-state index < -0.39 is 0 Å². The van der Waals surface area contributed by atoms with Crippen molar-refractivity contribution < 1.29 is 23.4 Å². The largest absolute Gasteiger partial charge is 0.497 e. The van der Waals surface area contributed by atoms with E-state index in [1.165, 1.54) is 24.9 Å². The molecular formula is C34H41FO4S. The Morgan fingerprint density at radius 2 is 1.77 bits per heavy atom. The van der Waals surface area contributed by atoms with Crippen molar-refractivity contribution in [2.75, 3.05) is 14.2 Å². The van der Waals surface area contributed by atoms with Crippen LogP contribution in [0.4, 0.5) is 4.39 Å². The predicted molar refractivity (Wildman–Crippen MR) is 160 cm³/mol. The van der Waals surface area contributed by atoms with Crippen LogP contribution in [0.3, 0.4) is 0 Å². The average molecular weight is 565 g/mol. The lowest BCUT2D eigenvalue weighted by Gasteiger charge is -2.20. The van der Waals surface area contributed by atoms with Crippen LogP contribution in [0.5, 0.6) is 5.75 Å². The highest BCUT2D eigenvalue weighted by Crippen LogP contribution is 2.42. The summed E-state index contributed by atoms with van der Waals surface area (Å²) in [4.78, 5) is 13.5. The van der Waals surface area contributed by atoms with Gasteiger partial charge < -0.3 is 14.2 Å². The molecule has 6 heteroatoms. The van der Waals surface area contributed by atoms with Gasteiger partial charge in [-0.1, -0.05) is 62.6 Å². The molecule has 2 aromatic carbocycles. The predicted octanol–water partition coefficient (Wildman–Crippen LogP) is 9.49. The normalized spacial score (nSPS) is 15.8. The molecule has 0 bridgehead atoms. The van der Waals surface area contributed by atoms with Crippen LogP contribution in [0.15, 0.2) is 66.5 Å². The smallest absolute Gasteiger partial charge is 0.348 e. The number of esters is 1. The van der Waals surface area contributed by atoms with E-state index in [1.54, 1.807) is 7.11 Å². The van der Waals surface area contributed by atoms with E-state index in [9.17, 15) is 4.79 Å². The monoisotopic (exact) mass is 564 g/mol. The van der Waals surface area contributed by atoms with Gasteiger partial charge in [-0.3, -0.25) is 0 Å². The summed E-state index contributed by atoms with van der Waals surface area (Å²) < 4.78 is 31.5. The third-order valence-electron chi connectivity index (χ3n) is 7.71. The van der Waals surface area contributed by atoms with Crippen molar-refractivity contribution in [1.82, 2.24) is 0 Å². The first-order valence-corrected chi connectivity index (χ1v) is 15.2. The van der Waals surface area contributed by atoms with E-state index in [-0.39, 0.29) is 23.8 Å². The molecule has 0 spiro atoms. The molecule has 0 aliphatic heterocycles. The number of allylic oxidation sites excluding steroid dienone is 2. The number of thiophene rings is 1. The summed E-state index contributed by atoms with van der Waals surface area (Å²) in [6.45, 7) is 2.75. The van der Waals surface area contributed by atoms with Gasteiger partial charge in [0, 0.05) is 11.3 Å². The zero-order chi connectivity index (χ0) is 28.3. The molecule has 1 aliphatic rings. The minimum atomic E-state index is -0.290. The Bertz CT molecular complexity index is 1250. The number of unbranched alkanes of at least 4 members (excludes halogenated alkanes) is 2. The number of rotatable bonds is 15. The number of carbonyl (C=O) groups is 1. The van der Waals surface area contributed by atoms with Gasteiger partial charge in [-0.05, 0) is 84.6 Å². The number of methoxy groups -OCH3 is 2. The van der Waals surface area contributed by atoms with Gasteiger partial charge in [-0.2, -0.15) is 0 Å². The molecule has 40 heavy (non-hydrogen) atoms. The molecular weight excluding hydrogens is 523 g/mol. The number of hydrogen-bond donors (Lipinski definition) is 0. The van der Waals surface area contributed by atoms with Crippen LogP contribution >= 0.6 is 11.3 Å². The molecule has 0 radical (unpaired) electrons. The quantitative estimate of drug-likeness (QED) is 0.136. The van der Waals surface area contributed by atoms with Crippen molar-refractivity contribution in [2.45, 2.75) is 77.4 Å². The standard InChI is InChI=1S/C34H41FO4S/c1-4-5-6-10-31(39-23-24-11-18-28(37-2)19-12-24)25-13-15-27(16-14-25)33-26(17-21-30(33)35)8-7-9-29-20-22-32(40-29)34(36)38-3/h11-16,18-20,22,26,31H,4-10,17,21,23H2,1-3H3. The maximum Gasteiger partial charge on any atom is 0.348 e. The molecule has 0 N–H and O–H groups in total. The number of ether oxygens (including phenoxy) is 3. The second kappa shape index (κ2) is 15.2. The van der Waals surface area contributed by atoms with Crippen LogP contribution in [-0.4, -0.2) is 20.2 Å². The third kappa shape index (κ3) is 8.05. The maximum atomic E-state index is 15.0. The van der Waals surface area contributed by atoms with Crippen LogP contribution in [0.1, 0.15) is 95.6 Å². The number of carbonyl (C=O) groups excluding carboxylic acids is 1. The second-order valence-electron chi connectivity index (χ2n) is 10.5. The van der Waals surface area contributed by atoms with Crippen LogP contribution in [0.25, 0.3) is 5.57 Å². The lowest BCUT2D eigenvalue weighted by Crippen LogP contribution is -2.06. The Kier molecular flexibility index (Phi) is 11.4. The minimum Gasteiger partial charge on any atom is -0.497 e. The molecule has 0 saturated carbocycles. The van der Waals surface area contributed by atoms with Crippen LogP contribution < -0.4 is 4.74 Å². The molecule has 0 saturated heterocycles. The van der Waals surface area contributed by atoms with E-state index in [2.05, 4.69) is 31.2 Å². The van der Waals surface area contributed by atoms with Crippen molar-refractivity contribution in [2.24, 2.45) is 5.92 Å². The Labute approximate surface area is 242 Å². The summed E-state index contributed by atoms with van der Waals surface area (Å²) in [5.41, 5.74) is 4.11. The van der Waals surface area contributed by atoms with E-state index in [0.717, 1.165) is 77.8 Å². The highest BCUT2D eigenvalue weighted by atomic mass is 32.1. The van der Waals surface area contributed by atoms with Crippen LogP contribution in [0, 0.1) is 5.92 Å². The summed E-state index contributed by atoms with van der Waals surface area (Å²) in [5.74, 6) is 0.793. The van der Waals surface area contributed by atoms with Gasteiger partial charge in [0.2, 0.25) is 0 Å². The highest BCUT2D eigenvalue weighted by molar-refractivity contribution is 7.13. The molecule has 2 atom stereocenters. The number of benzene rings is 2. The summed E-state index contributed by atoms with van der Waals surface area (Å²) in [7, 11) is 3.07. The van der Waals surface area contributed by atoms with Crippen molar-refractivity contribution in [3.63, 3.8) is 0 Å². The SMILES string of the molecule is CCCCCC(OCc1ccc(OC)cc1)c1ccc(C2=C(F)CCC2CCCc2ccc(C(=O)OC)s2)cc1. The topological polar surface area (TPSA) is 44.8 Å². The van der Waals surface area contributed by atoms with E-state index in [1.807, 2.05) is 36.4 Å². The highest BCUT2D eigenvalue weighted by Gasteiger charge is 2.27. The van der Waals surface area contributed by atoms with E-state index in [4.69, 9.17) is 14.2 Å². The molecule has 0 amide bonds. The fraction of sp³-hybridized carbons (Fsp3) is 0.441. The van der Waals surface area contributed by atoms with Crippen molar-refractivity contribution in [3.05, 3.63) is 92.9 Å². The fourth-order valence-electron chi connectivity index (χ4n) is 5.45. The summed E-state index contributed by atoms with van der Waals surface area (Å²) in [5, 5.41) is 0. The Hall–Kier alpha value is -2.96. The zero-order valence-electron chi connectivity index (χ0n) is 23.9. The Balaban J connectivity index is 1.38. The van der Waals surface area contributed by atoms with E-state index >= 15 is 4.39 Å². The lowest BCUT2D eigenvalue weighted by atomic mass is 9.89. The molecule has 1 aliphatic carbocycles. The van der Waals surface area contributed by atoms with Crippen LogP contribution in [0.2, 0.25) is 0 Å². The van der Waals surface area contributed by atoms with E-state index in [0.29, 0.717) is 17.9 Å². The van der Waals surface area contributed by atoms with Gasteiger partial charge in [-0.25, -0.2) is 9.18 Å². The molecule has 4 nitrogen and oxygen atoms in total. The fourth-order valence-corrected chi connectivity index (χ4v) is 6.42. The molecule has 4 rings (SSSR count). The summed E-state index contributed by atoms with van der Waals surface area (Å²) >= 11 is 1.48. The average Bonchev–Trinajstić information content (AvgIpc) is 3.61. The van der Waals surface area contributed by atoms with Crippen molar-refractivity contribution in [3.8, 4) is 5.75 Å². The van der Waals surface area contributed by atoms with Gasteiger partial charge >= 0.3 is 5.97 Å². The second-order valence-corrected chi connectivity index (χ2v) is 11.6. The van der Waals surface area contributed by atoms with Gasteiger partial charge in [0.15, 0.2) is 0 Å². The lowest BCUT2D eigenvalue weighted by molar-refractivity contribution is 0.0322. The first-order chi connectivity index (χ1) is 19.5. The molecule has 1 aromatic heterocycles. The zero-order valence-corrected chi connectivity index (χ0v) is 24.7. The van der Waals surface area contributed by atoms with Crippen molar-refractivity contribution >= 4 is 22.9 Å². The van der Waals surface area contributed by atoms with Crippen LogP contribution in [-0.2, 0) is 22.5 Å². The minimum absolute atomic E-state index is 0.00146. The molecule has 2 unspecified atom stereocenters. The Morgan fingerprint density at radius 1 is 1.00 bits per heavy atom. The van der Waals surface area contributed by atoms with Crippen molar-refractivity contribution in [1.29, 1.82) is 0 Å². The van der Waals surface area contributed by atoms with Gasteiger partial charge in [0.05, 0.1) is 26.9 Å². The molecule has 3 aromatic rings.